The Bertz CT molecular complexity index is 1020. The van der Waals surface area contributed by atoms with Crippen LogP contribution in [0.3, 0.4) is 0 Å². The number of aromatic nitrogens is 2. The van der Waals surface area contributed by atoms with E-state index in [1.807, 2.05) is 30.3 Å². The van der Waals surface area contributed by atoms with Crippen molar-refractivity contribution < 1.29 is 9.13 Å². The number of methoxy groups -OCH3 is 1. The van der Waals surface area contributed by atoms with Crippen LogP contribution in [0.4, 0.5) is 4.39 Å². The molecule has 0 amide bonds. The van der Waals surface area contributed by atoms with E-state index in [2.05, 4.69) is 21.8 Å². The molecule has 2 aromatic carbocycles. The summed E-state index contributed by atoms with van der Waals surface area (Å²) in [7, 11) is 1.50. The Labute approximate surface area is 145 Å². The minimum Gasteiger partial charge on any atom is -0.496 e. The molecule has 0 radical (unpaired) electrons. The average molecular weight is 335 g/mol. The first-order chi connectivity index (χ1) is 12.1. The summed E-state index contributed by atoms with van der Waals surface area (Å²) in [5, 5.41) is 8.64. The Morgan fingerprint density at radius 3 is 2.68 bits per heavy atom. The van der Waals surface area contributed by atoms with E-state index in [0.717, 1.165) is 16.5 Å². The van der Waals surface area contributed by atoms with Gasteiger partial charge in [0.15, 0.2) is 0 Å². The topological polar surface area (TPSA) is 50.3 Å². The molecule has 0 aliphatic heterocycles. The van der Waals surface area contributed by atoms with Gasteiger partial charge in [-0.05, 0) is 19.1 Å². The first-order valence-electron chi connectivity index (χ1n) is 7.78. The Hall–Kier alpha value is -3.21. The predicted molar refractivity (Wildman–Crippen MR) is 98.4 cm³/mol. The summed E-state index contributed by atoms with van der Waals surface area (Å²) < 4.78 is 19.3. The third-order valence-electron chi connectivity index (χ3n) is 3.89. The molecular weight excluding hydrogens is 317 g/mol. The molecule has 5 heteroatoms. The van der Waals surface area contributed by atoms with Crippen molar-refractivity contribution >= 4 is 18.5 Å². The molecular formula is C20H18FN3O. The van der Waals surface area contributed by atoms with E-state index in [4.69, 9.17) is 4.74 Å². The van der Waals surface area contributed by atoms with Crippen molar-refractivity contribution in [2.24, 2.45) is 4.99 Å². The molecule has 1 heterocycles. The van der Waals surface area contributed by atoms with Crippen molar-refractivity contribution in [2.45, 2.75) is 6.92 Å². The summed E-state index contributed by atoms with van der Waals surface area (Å²) in [6, 6.07) is 14.5. The zero-order valence-electron chi connectivity index (χ0n) is 14.1. The minimum atomic E-state index is -0.376. The summed E-state index contributed by atoms with van der Waals surface area (Å²) >= 11 is 0. The van der Waals surface area contributed by atoms with Gasteiger partial charge in [0.2, 0.25) is 0 Å². The number of halogens is 1. The molecule has 0 saturated carbocycles. The zero-order chi connectivity index (χ0) is 17.8. The van der Waals surface area contributed by atoms with Crippen LogP contribution >= 0.6 is 0 Å². The monoisotopic (exact) mass is 335 g/mol. The van der Waals surface area contributed by atoms with E-state index in [1.54, 1.807) is 25.3 Å². The van der Waals surface area contributed by atoms with Crippen LogP contribution in [0.15, 0.2) is 53.5 Å². The van der Waals surface area contributed by atoms with E-state index < -0.39 is 0 Å². The maximum Gasteiger partial charge on any atom is 0.135 e. The van der Waals surface area contributed by atoms with Crippen molar-refractivity contribution in [3.8, 4) is 17.0 Å². The molecule has 0 bridgehead atoms. The SMILES string of the molecule is C=c1c(-c2ccccc2)n[nH]/c1=C/N=C(C)c1c(F)cccc1OC. The summed E-state index contributed by atoms with van der Waals surface area (Å²) in [4.78, 5) is 4.36. The van der Waals surface area contributed by atoms with Crippen molar-refractivity contribution in [1.29, 1.82) is 0 Å². The quantitative estimate of drug-likeness (QED) is 0.746. The molecule has 0 atom stereocenters. The number of nitrogens with one attached hydrogen (secondary N) is 1. The highest BCUT2D eigenvalue weighted by atomic mass is 19.1. The van der Waals surface area contributed by atoms with Gasteiger partial charge >= 0.3 is 0 Å². The maximum absolute atomic E-state index is 14.1. The largest absolute Gasteiger partial charge is 0.496 e. The van der Waals surface area contributed by atoms with Gasteiger partial charge in [-0.1, -0.05) is 43.0 Å². The lowest BCUT2D eigenvalue weighted by Crippen LogP contribution is -2.21. The highest BCUT2D eigenvalue weighted by molar-refractivity contribution is 6.02. The van der Waals surface area contributed by atoms with Crippen molar-refractivity contribution in [2.75, 3.05) is 7.11 Å². The van der Waals surface area contributed by atoms with Gasteiger partial charge < -0.3 is 4.74 Å². The molecule has 1 N–H and O–H groups in total. The van der Waals surface area contributed by atoms with E-state index >= 15 is 0 Å². The van der Waals surface area contributed by atoms with E-state index in [1.165, 1.54) is 13.2 Å². The fourth-order valence-electron chi connectivity index (χ4n) is 2.57. The number of ether oxygens (including phenoxy) is 1. The second kappa shape index (κ2) is 7.13. The minimum absolute atomic E-state index is 0.342. The van der Waals surface area contributed by atoms with Crippen molar-refractivity contribution in [1.82, 2.24) is 10.2 Å². The molecule has 25 heavy (non-hydrogen) atoms. The molecule has 4 nitrogen and oxygen atoms in total. The number of H-pyrrole nitrogens is 1. The highest BCUT2D eigenvalue weighted by Gasteiger charge is 2.11. The Balaban J connectivity index is 2.02. The molecule has 3 rings (SSSR count). The van der Waals surface area contributed by atoms with E-state index in [-0.39, 0.29) is 5.82 Å². The summed E-state index contributed by atoms with van der Waals surface area (Å²) in [6.45, 7) is 5.80. The highest BCUT2D eigenvalue weighted by Crippen LogP contribution is 2.22. The molecule has 126 valence electrons. The lowest BCUT2D eigenvalue weighted by molar-refractivity contribution is 0.410. The molecule has 0 unspecified atom stereocenters. The summed E-state index contributed by atoms with van der Waals surface area (Å²) in [6.07, 6.45) is 1.60. The number of benzene rings is 2. The van der Waals surface area contributed by atoms with Crippen LogP contribution in [0.5, 0.6) is 5.75 Å². The van der Waals surface area contributed by atoms with Crippen LogP contribution in [0.2, 0.25) is 0 Å². The van der Waals surface area contributed by atoms with Gasteiger partial charge in [-0.3, -0.25) is 10.1 Å². The fourth-order valence-corrected chi connectivity index (χ4v) is 2.57. The summed E-state index contributed by atoms with van der Waals surface area (Å²) in [5.41, 5.74) is 2.59. The number of hydrogen-bond acceptors (Lipinski definition) is 3. The number of aromatic amines is 1. The van der Waals surface area contributed by atoms with E-state index in [0.29, 0.717) is 22.4 Å². The molecule has 3 aromatic rings. The Morgan fingerprint density at radius 2 is 1.96 bits per heavy atom. The first kappa shape index (κ1) is 16.6. The van der Waals surface area contributed by atoms with Gasteiger partial charge in [-0.2, -0.15) is 5.10 Å². The van der Waals surface area contributed by atoms with Crippen LogP contribution in [-0.4, -0.2) is 23.0 Å². The molecule has 0 aliphatic carbocycles. The zero-order valence-corrected chi connectivity index (χ0v) is 14.1. The standard InChI is InChI=1S/C20H18FN3O/c1-13-17(23-24-20(13)15-8-5-4-6-9-15)12-22-14(2)19-16(21)10-7-11-18(19)25-3/h4-12,23H,1H2,2-3H3/b17-12+,22-14?. The van der Waals surface area contributed by atoms with Gasteiger partial charge in [0.05, 0.1) is 35.6 Å². The van der Waals surface area contributed by atoms with Gasteiger partial charge in [0.1, 0.15) is 11.6 Å². The smallest absolute Gasteiger partial charge is 0.135 e. The number of hydrogen-bond donors (Lipinski definition) is 1. The van der Waals surface area contributed by atoms with Gasteiger partial charge in [-0.15, -0.1) is 0 Å². The molecule has 0 spiro atoms. The normalized spacial score (nSPS) is 12.4. The van der Waals surface area contributed by atoms with Crippen LogP contribution < -0.4 is 15.3 Å². The number of nitrogens with zero attached hydrogens (tertiary/aromatic N) is 2. The number of aliphatic imine (C=N–C) groups is 1. The molecule has 0 aliphatic rings. The van der Waals surface area contributed by atoms with Gasteiger partial charge in [0.25, 0.3) is 0 Å². The maximum atomic E-state index is 14.1. The third kappa shape index (κ3) is 3.35. The molecule has 0 saturated heterocycles. The Kier molecular flexibility index (Phi) is 4.75. The van der Waals surface area contributed by atoms with Crippen LogP contribution in [0.1, 0.15) is 12.5 Å². The van der Waals surface area contributed by atoms with Crippen LogP contribution in [0.25, 0.3) is 24.0 Å². The fraction of sp³-hybridized carbons (Fsp3) is 0.100. The van der Waals surface area contributed by atoms with E-state index in [9.17, 15) is 4.39 Å². The molecule has 1 aromatic heterocycles. The summed E-state index contributed by atoms with van der Waals surface area (Å²) in [5.74, 6) is 0.0671. The van der Waals surface area contributed by atoms with Crippen molar-refractivity contribution in [3.63, 3.8) is 0 Å². The average Bonchev–Trinajstić information content (AvgIpc) is 3.00. The first-order valence-corrected chi connectivity index (χ1v) is 7.78. The van der Waals surface area contributed by atoms with Gasteiger partial charge in [0, 0.05) is 10.8 Å². The second-order valence-corrected chi connectivity index (χ2v) is 5.49. The Morgan fingerprint density at radius 1 is 1.20 bits per heavy atom. The predicted octanol–water partition coefficient (Wildman–Crippen LogP) is 2.88. The van der Waals surface area contributed by atoms with Gasteiger partial charge in [-0.25, -0.2) is 4.39 Å². The second-order valence-electron chi connectivity index (χ2n) is 5.49. The third-order valence-corrected chi connectivity index (χ3v) is 3.89. The van der Waals surface area contributed by atoms with Crippen LogP contribution in [0, 0.1) is 5.82 Å². The lowest BCUT2D eigenvalue weighted by Gasteiger charge is -2.08. The lowest BCUT2D eigenvalue weighted by atomic mass is 10.1. The number of rotatable bonds is 4. The molecule has 0 fully saturated rings. The van der Waals surface area contributed by atoms with Crippen molar-refractivity contribution in [3.05, 3.63) is 70.5 Å². The van der Waals surface area contributed by atoms with Crippen LogP contribution in [-0.2, 0) is 0 Å².